The summed E-state index contributed by atoms with van der Waals surface area (Å²) in [6.45, 7) is 4.41. The van der Waals surface area contributed by atoms with Crippen molar-refractivity contribution in [3.05, 3.63) is 0 Å². The van der Waals surface area contributed by atoms with Gasteiger partial charge in [-0.15, -0.1) is 11.6 Å². The molecule has 0 aliphatic carbocycles. The Morgan fingerprint density at radius 1 is 1.44 bits per heavy atom. The Balaban J connectivity index is 3.31. The summed E-state index contributed by atoms with van der Waals surface area (Å²) in [5, 5.41) is 3.15. The molecule has 0 aliphatic heterocycles. The molecule has 0 spiro atoms. The van der Waals surface area contributed by atoms with Gasteiger partial charge in [-0.3, -0.25) is 0 Å². The van der Waals surface area contributed by atoms with E-state index in [-0.39, 0.29) is 0 Å². The van der Waals surface area contributed by atoms with Crippen LogP contribution in [-0.2, 0) is 0 Å². The Hall–Kier alpha value is 0.250. The molecule has 0 aromatic heterocycles. The number of nitrogens with one attached hydrogen (secondary N) is 1. The molecule has 0 aromatic rings. The van der Waals surface area contributed by atoms with Gasteiger partial charge >= 0.3 is 0 Å². The Kier molecular flexibility index (Phi) is 5.21. The highest BCUT2D eigenvalue weighted by Crippen LogP contribution is 2.04. The van der Waals surface area contributed by atoms with Gasteiger partial charge in [0.15, 0.2) is 0 Å². The summed E-state index contributed by atoms with van der Waals surface area (Å²) in [5.74, 6) is 1.45. The minimum Gasteiger partial charge on any atom is -0.316 e. The molecule has 0 radical (unpaired) electrons. The molecule has 1 unspecified atom stereocenters. The lowest BCUT2D eigenvalue weighted by Gasteiger charge is -2.14. The molecule has 0 aliphatic rings. The minimum absolute atomic E-state index is 0.492. The van der Waals surface area contributed by atoms with Crippen LogP contribution >= 0.6 is 11.6 Å². The molecule has 2 heteroatoms. The Morgan fingerprint density at radius 3 is 2.11 bits per heavy atom. The van der Waals surface area contributed by atoms with Crippen molar-refractivity contribution in [2.24, 2.45) is 5.92 Å². The van der Waals surface area contributed by atoms with Crippen LogP contribution in [0.3, 0.4) is 0 Å². The van der Waals surface area contributed by atoms with E-state index in [2.05, 4.69) is 19.2 Å². The molecule has 0 rings (SSSR count). The molecule has 9 heavy (non-hydrogen) atoms. The fourth-order valence-electron chi connectivity index (χ4n) is 0.827. The zero-order valence-electron chi connectivity index (χ0n) is 6.45. The fourth-order valence-corrected chi connectivity index (χ4v) is 1.11. The first kappa shape index (κ1) is 9.25. The first-order valence-corrected chi connectivity index (χ1v) is 3.97. The number of rotatable bonds is 4. The maximum Gasteiger partial charge on any atom is 0.0377 e. The van der Waals surface area contributed by atoms with E-state index < -0.39 is 0 Å². The summed E-state index contributed by atoms with van der Waals surface area (Å²) in [6.07, 6.45) is 1.17. The highest BCUT2D eigenvalue weighted by Gasteiger charge is 2.05. The van der Waals surface area contributed by atoms with E-state index in [1.807, 2.05) is 7.05 Å². The smallest absolute Gasteiger partial charge is 0.0377 e. The van der Waals surface area contributed by atoms with Crippen molar-refractivity contribution in [3.8, 4) is 0 Å². The molecule has 0 amide bonds. The molecule has 0 heterocycles. The van der Waals surface area contributed by atoms with E-state index in [4.69, 9.17) is 11.6 Å². The monoisotopic (exact) mass is 149 g/mol. The number of hydrogen-bond donors (Lipinski definition) is 1. The van der Waals surface area contributed by atoms with Crippen LogP contribution in [0, 0.1) is 5.92 Å². The summed E-state index contributed by atoms with van der Waals surface area (Å²) in [7, 11) is 1.95. The van der Waals surface area contributed by atoms with Gasteiger partial charge in [-0.25, -0.2) is 0 Å². The van der Waals surface area contributed by atoms with Crippen LogP contribution in [0.2, 0.25) is 0 Å². The van der Waals surface area contributed by atoms with Crippen molar-refractivity contribution in [3.63, 3.8) is 0 Å². The quantitative estimate of drug-likeness (QED) is 0.602. The van der Waals surface area contributed by atoms with Crippen LogP contribution < -0.4 is 5.32 Å². The van der Waals surface area contributed by atoms with Gasteiger partial charge in [0.2, 0.25) is 0 Å². The van der Waals surface area contributed by atoms with Crippen molar-refractivity contribution in [1.29, 1.82) is 0 Å². The predicted molar refractivity (Wildman–Crippen MR) is 43.0 cm³/mol. The van der Waals surface area contributed by atoms with Crippen molar-refractivity contribution in [2.75, 3.05) is 12.9 Å². The van der Waals surface area contributed by atoms with E-state index in [1.165, 1.54) is 6.42 Å². The fraction of sp³-hybridized carbons (Fsp3) is 1.00. The number of halogens is 1. The second-order valence-electron chi connectivity index (χ2n) is 2.77. The maximum absolute atomic E-state index is 5.65. The Bertz CT molecular complexity index is 59.9. The molecule has 1 nitrogen and oxygen atoms in total. The van der Waals surface area contributed by atoms with Gasteiger partial charge in [0.1, 0.15) is 0 Å². The largest absolute Gasteiger partial charge is 0.316 e. The third-order valence-electron chi connectivity index (χ3n) is 1.35. The molecule has 0 saturated carbocycles. The van der Waals surface area contributed by atoms with E-state index in [1.54, 1.807) is 0 Å². The van der Waals surface area contributed by atoms with Crippen molar-refractivity contribution in [1.82, 2.24) is 5.32 Å². The van der Waals surface area contributed by atoms with Crippen LogP contribution in [0.25, 0.3) is 0 Å². The Labute approximate surface area is 62.8 Å². The zero-order chi connectivity index (χ0) is 7.28. The van der Waals surface area contributed by atoms with Gasteiger partial charge in [-0.1, -0.05) is 13.8 Å². The highest BCUT2D eigenvalue weighted by molar-refractivity contribution is 6.18. The lowest BCUT2D eigenvalue weighted by Crippen LogP contribution is -2.28. The van der Waals surface area contributed by atoms with Gasteiger partial charge in [0, 0.05) is 11.9 Å². The van der Waals surface area contributed by atoms with Crippen molar-refractivity contribution < 1.29 is 0 Å². The number of alkyl halides is 1. The molecule has 1 N–H and O–H groups in total. The standard InChI is InChI=1S/C7H16ClN/c1-6(2)4-7(5-8)9-3/h6-7,9H,4-5H2,1-3H3. The maximum atomic E-state index is 5.65. The molecule has 56 valence electrons. The molecule has 0 aromatic carbocycles. The van der Waals surface area contributed by atoms with Crippen LogP contribution in [0.1, 0.15) is 20.3 Å². The van der Waals surface area contributed by atoms with Gasteiger partial charge < -0.3 is 5.32 Å². The topological polar surface area (TPSA) is 12.0 Å². The van der Waals surface area contributed by atoms with Crippen LogP contribution in [0.4, 0.5) is 0 Å². The second kappa shape index (κ2) is 5.07. The lowest BCUT2D eigenvalue weighted by molar-refractivity contribution is 0.472. The van der Waals surface area contributed by atoms with Gasteiger partial charge in [0.05, 0.1) is 0 Å². The minimum atomic E-state index is 0.492. The molecule has 0 saturated heterocycles. The molecule has 1 atom stereocenters. The summed E-state index contributed by atoms with van der Waals surface area (Å²) in [4.78, 5) is 0. The van der Waals surface area contributed by atoms with Gasteiger partial charge in [-0.2, -0.15) is 0 Å². The first-order chi connectivity index (χ1) is 4.20. The van der Waals surface area contributed by atoms with Crippen LogP contribution in [0.15, 0.2) is 0 Å². The summed E-state index contributed by atoms with van der Waals surface area (Å²) in [6, 6.07) is 0.492. The van der Waals surface area contributed by atoms with E-state index in [0.29, 0.717) is 11.9 Å². The van der Waals surface area contributed by atoms with Crippen molar-refractivity contribution >= 4 is 11.6 Å². The lowest BCUT2D eigenvalue weighted by atomic mass is 10.1. The van der Waals surface area contributed by atoms with Gasteiger partial charge in [0.25, 0.3) is 0 Å². The average Bonchev–Trinajstić information content (AvgIpc) is 1.82. The number of hydrogen-bond acceptors (Lipinski definition) is 1. The Morgan fingerprint density at radius 2 is 2.00 bits per heavy atom. The van der Waals surface area contributed by atoms with Crippen molar-refractivity contribution in [2.45, 2.75) is 26.3 Å². The summed E-state index contributed by atoms with van der Waals surface area (Å²) >= 11 is 5.65. The van der Waals surface area contributed by atoms with E-state index in [0.717, 1.165) is 5.92 Å². The molecule has 0 bridgehead atoms. The summed E-state index contributed by atoms with van der Waals surface area (Å²) in [5.41, 5.74) is 0. The molecular formula is C7H16ClN. The van der Waals surface area contributed by atoms with E-state index in [9.17, 15) is 0 Å². The van der Waals surface area contributed by atoms with E-state index >= 15 is 0 Å². The highest BCUT2D eigenvalue weighted by atomic mass is 35.5. The third-order valence-corrected chi connectivity index (χ3v) is 1.72. The normalized spacial score (nSPS) is 14.3. The average molecular weight is 150 g/mol. The molecular weight excluding hydrogens is 134 g/mol. The van der Waals surface area contributed by atoms with Crippen LogP contribution in [-0.4, -0.2) is 19.0 Å². The predicted octanol–water partition coefficient (Wildman–Crippen LogP) is 1.86. The summed E-state index contributed by atoms with van der Waals surface area (Å²) < 4.78 is 0. The van der Waals surface area contributed by atoms with Gasteiger partial charge in [-0.05, 0) is 19.4 Å². The second-order valence-corrected chi connectivity index (χ2v) is 3.08. The third kappa shape index (κ3) is 4.73. The SMILES string of the molecule is CNC(CCl)CC(C)C. The molecule has 0 fully saturated rings. The first-order valence-electron chi connectivity index (χ1n) is 3.44. The zero-order valence-corrected chi connectivity index (χ0v) is 7.20. The van der Waals surface area contributed by atoms with Crippen LogP contribution in [0.5, 0.6) is 0 Å².